The molecule has 0 saturated heterocycles. The Morgan fingerprint density at radius 2 is 1.88 bits per heavy atom. The van der Waals surface area contributed by atoms with Crippen molar-refractivity contribution in [2.75, 3.05) is 5.32 Å². The standard InChI is InChI=1S/C14H19NO2/c1-10-6-8-11(9-7-10)15-13-5-3-2-4-12(13)14(16)17/h2-5,10-11,15H,6-9H2,1H3,(H,16,17). The molecule has 0 bridgehead atoms. The van der Waals surface area contributed by atoms with Gasteiger partial charge in [0.25, 0.3) is 0 Å². The highest BCUT2D eigenvalue weighted by molar-refractivity contribution is 5.94. The molecule has 2 rings (SSSR count). The second kappa shape index (κ2) is 5.21. The highest BCUT2D eigenvalue weighted by atomic mass is 16.4. The average molecular weight is 233 g/mol. The zero-order chi connectivity index (χ0) is 12.3. The molecule has 2 N–H and O–H groups in total. The van der Waals surface area contributed by atoms with E-state index in [0.29, 0.717) is 11.6 Å². The molecule has 1 fully saturated rings. The molecule has 3 nitrogen and oxygen atoms in total. The minimum absolute atomic E-state index is 0.367. The Kier molecular flexibility index (Phi) is 3.67. The van der Waals surface area contributed by atoms with E-state index in [2.05, 4.69) is 12.2 Å². The van der Waals surface area contributed by atoms with Gasteiger partial charge >= 0.3 is 5.97 Å². The minimum atomic E-state index is -0.864. The van der Waals surface area contributed by atoms with Crippen LogP contribution in [0.4, 0.5) is 5.69 Å². The third-order valence-corrected chi connectivity index (χ3v) is 3.53. The first-order valence-corrected chi connectivity index (χ1v) is 6.25. The van der Waals surface area contributed by atoms with Crippen LogP contribution in [-0.2, 0) is 0 Å². The maximum Gasteiger partial charge on any atom is 0.337 e. The Morgan fingerprint density at radius 1 is 1.24 bits per heavy atom. The van der Waals surface area contributed by atoms with Gasteiger partial charge in [0.1, 0.15) is 0 Å². The van der Waals surface area contributed by atoms with Gasteiger partial charge in [0.05, 0.1) is 5.56 Å². The van der Waals surface area contributed by atoms with Gasteiger partial charge < -0.3 is 10.4 Å². The third-order valence-electron chi connectivity index (χ3n) is 3.53. The molecule has 1 saturated carbocycles. The topological polar surface area (TPSA) is 49.3 Å². The van der Waals surface area contributed by atoms with Crippen LogP contribution in [0.2, 0.25) is 0 Å². The van der Waals surface area contributed by atoms with Crippen molar-refractivity contribution in [1.82, 2.24) is 0 Å². The van der Waals surface area contributed by atoms with Crippen LogP contribution in [0.5, 0.6) is 0 Å². The van der Waals surface area contributed by atoms with Crippen molar-refractivity contribution < 1.29 is 9.90 Å². The fourth-order valence-electron chi connectivity index (χ4n) is 2.42. The number of carboxylic acid groups (broad SMARTS) is 1. The average Bonchev–Trinajstić information content (AvgIpc) is 2.32. The smallest absolute Gasteiger partial charge is 0.337 e. The number of benzene rings is 1. The van der Waals surface area contributed by atoms with Crippen molar-refractivity contribution in [3.05, 3.63) is 29.8 Å². The number of carboxylic acids is 1. The van der Waals surface area contributed by atoms with Gasteiger partial charge in [-0.2, -0.15) is 0 Å². The molecule has 0 amide bonds. The molecule has 0 radical (unpaired) electrons. The lowest BCUT2D eigenvalue weighted by molar-refractivity contribution is 0.0698. The summed E-state index contributed by atoms with van der Waals surface area (Å²) in [5, 5.41) is 12.5. The van der Waals surface area contributed by atoms with Crippen molar-refractivity contribution in [2.45, 2.75) is 38.6 Å². The Labute approximate surface area is 102 Å². The number of hydrogen-bond acceptors (Lipinski definition) is 2. The predicted molar refractivity (Wildman–Crippen MR) is 68.4 cm³/mol. The van der Waals surface area contributed by atoms with Crippen LogP contribution in [-0.4, -0.2) is 17.1 Å². The van der Waals surface area contributed by atoms with E-state index in [1.54, 1.807) is 12.1 Å². The van der Waals surface area contributed by atoms with Gasteiger partial charge in [0.15, 0.2) is 0 Å². The van der Waals surface area contributed by atoms with Gasteiger partial charge in [-0.3, -0.25) is 0 Å². The SMILES string of the molecule is CC1CCC(Nc2ccccc2C(=O)O)CC1. The number of hydrogen-bond donors (Lipinski definition) is 2. The van der Waals surface area contributed by atoms with Crippen LogP contribution >= 0.6 is 0 Å². The van der Waals surface area contributed by atoms with Crippen LogP contribution in [0, 0.1) is 5.92 Å². The van der Waals surface area contributed by atoms with Crippen LogP contribution < -0.4 is 5.32 Å². The maximum absolute atomic E-state index is 11.1. The third kappa shape index (κ3) is 2.99. The Bertz CT molecular complexity index is 395. The fourth-order valence-corrected chi connectivity index (χ4v) is 2.42. The summed E-state index contributed by atoms with van der Waals surface area (Å²) in [6, 6.07) is 7.56. The second-order valence-electron chi connectivity index (χ2n) is 4.95. The summed E-state index contributed by atoms with van der Waals surface area (Å²) >= 11 is 0. The Hall–Kier alpha value is -1.51. The summed E-state index contributed by atoms with van der Waals surface area (Å²) in [6.07, 6.45) is 4.73. The predicted octanol–water partition coefficient (Wildman–Crippen LogP) is 3.38. The molecule has 0 atom stereocenters. The van der Waals surface area contributed by atoms with E-state index in [1.807, 2.05) is 12.1 Å². The molecular formula is C14H19NO2. The first kappa shape index (κ1) is 12.0. The Balaban J connectivity index is 2.05. The molecule has 92 valence electrons. The highest BCUT2D eigenvalue weighted by Crippen LogP contribution is 2.27. The quantitative estimate of drug-likeness (QED) is 0.841. The highest BCUT2D eigenvalue weighted by Gasteiger charge is 2.19. The number of carbonyl (C=O) groups is 1. The number of nitrogens with one attached hydrogen (secondary N) is 1. The van der Waals surface area contributed by atoms with E-state index in [4.69, 9.17) is 5.11 Å². The van der Waals surface area contributed by atoms with Gasteiger partial charge in [0, 0.05) is 11.7 Å². The summed E-state index contributed by atoms with van der Waals surface area (Å²) < 4.78 is 0. The molecule has 0 spiro atoms. The molecular weight excluding hydrogens is 214 g/mol. The van der Waals surface area contributed by atoms with Crippen LogP contribution in [0.3, 0.4) is 0 Å². The molecule has 0 heterocycles. The van der Waals surface area contributed by atoms with E-state index in [1.165, 1.54) is 12.8 Å². The molecule has 1 aliphatic rings. The largest absolute Gasteiger partial charge is 0.478 e. The van der Waals surface area contributed by atoms with E-state index in [0.717, 1.165) is 24.4 Å². The van der Waals surface area contributed by atoms with E-state index in [-0.39, 0.29) is 0 Å². The van der Waals surface area contributed by atoms with Crippen molar-refractivity contribution in [3.63, 3.8) is 0 Å². The van der Waals surface area contributed by atoms with Crippen molar-refractivity contribution in [2.24, 2.45) is 5.92 Å². The number of anilines is 1. The maximum atomic E-state index is 11.1. The lowest BCUT2D eigenvalue weighted by Gasteiger charge is -2.28. The van der Waals surface area contributed by atoms with Gasteiger partial charge in [-0.05, 0) is 43.7 Å². The van der Waals surface area contributed by atoms with Gasteiger partial charge in [-0.25, -0.2) is 4.79 Å². The normalized spacial score (nSPS) is 24.3. The van der Waals surface area contributed by atoms with Gasteiger partial charge in [-0.15, -0.1) is 0 Å². The van der Waals surface area contributed by atoms with Gasteiger partial charge in [0.2, 0.25) is 0 Å². The zero-order valence-electron chi connectivity index (χ0n) is 10.1. The first-order valence-electron chi connectivity index (χ1n) is 6.25. The van der Waals surface area contributed by atoms with Crippen molar-refractivity contribution in [1.29, 1.82) is 0 Å². The summed E-state index contributed by atoms with van der Waals surface area (Å²) in [5.41, 5.74) is 1.12. The first-order chi connectivity index (χ1) is 8.16. The zero-order valence-corrected chi connectivity index (χ0v) is 10.1. The molecule has 0 aliphatic heterocycles. The molecule has 1 aromatic rings. The van der Waals surface area contributed by atoms with Crippen molar-refractivity contribution >= 4 is 11.7 Å². The summed E-state index contributed by atoms with van der Waals surface area (Å²) in [6.45, 7) is 2.28. The van der Waals surface area contributed by atoms with Crippen LogP contribution in [0.25, 0.3) is 0 Å². The van der Waals surface area contributed by atoms with Gasteiger partial charge in [-0.1, -0.05) is 19.1 Å². The lowest BCUT2D eigenvalue weighted by Crippen LogP contribution is -2.26. The van der Waals surface area contributed by atoms with Crippen LogP contribution in [0.15, 0.2) is 24.3 Å². The molecule has 0 unspecified atom stereocenters. The van der Waals surface area contributed by atoms with E-state index < -0.39 is 5.97 Å². The van der Waals surface area contributed by atoms with E-state index >= 15 is 0 Å². The molecule has 1 aliphatic carbocycles. The molecule has 1 aromatic carbocycles. The van der Waals surface area contributed by atoms with Crippen LogP contribution in [0.1, 0.15) is 43.0 Å². The summed E-state index contributed by atoms with van der Waals surface area (Å²) in [4.78, 5) is 11.1. The number of para-hydroxylation sites is 1. The number of aromatic carboxylic acids is 1. The molecule has 17 heavy (non-hydrogen) atoms. The second-order valence-corrected chi connectivity index (χ2v) is 4.95. The monoisotopic (exact) mass is 233 g/mol. The minimum Gasteiger partial charge on any atom is -0.478 e. The summed E-state index contributed by atoms with van der Waals surface area (Å²) in [7, 11) is 0. The summed E-state index contributed by atoms with van der Waals surface area (Å²) in [5.74, 6) is -0.0555. The lowest BCUT2D eigenvalue weighted by atomic mass is 9.87. The Morgan fingerprint density at radius 3 is 2.53 bits per heavy atom. The van der Waals surface area contributed by atoms with Crippen molar-refractivity contribution in [3.8, 4) is 0 Å². The number of rotatable bonds is 3. The van der Waals surface area contributed by atoms with E-state index in [9.17, 15) is 4.79 Å². The fraction of sp³-hybridized carbons (Fsp3) is 0.500. The molecule has 0 aromatic heterocycles. The molecule has 3 heteroatoms.